The average molecular weight is 608 g/mol. The van der Waals surface area contributed by atoms with Gasteiger partial charge in [-0.3, -0.25) is 14.9 Å². The Morgan fingerprint density at radius 2 is 1.41 bits per heavy atom. The van der Waals surface area contributed by atoms with Crippen molar-refractivity contribution in [2.45, 2.75) is 13.2 Å². The third kappa shape index (κ3) is 6.55. The molecule has 0 aromatic heterocycles. The summed E-state index contributed by atoms with van der Waals surface area (Å²) in [6, 6.07) is 24.8. The fourth-order valence-electron chi connectivity index (χ4n) is 4.04. The molecule has 1 aliphatic heterocycles. The molecule has 0 spiro atoms. The van der Waals surface area contributed by atoms with Crippen LogP contribution in [0.1, 0.15) is 16.7 Å². The minimum atomic E-state index is -0.858. The van der Waals surface area contributed by atoms with Crippen molar-refractivity contribution in [2.24, 2.45) is 0 Å². The van der Waals surface area contributed by atoms with E-state index in [1.807, 2.05) is 18.2 Å². The number of urea groups is 1. The summed E-state index contributed by atoms with van der Waals surface area (Å²) in [6.45, 7) is 0.376. The third-order valence-electron chi connectivity index (χ3n) is 6.17. The van der Waals surface area contributed by atoms with Crippen LogP contribution in [0.3, 0.4) is 0 Å². The monoisotopic (exact) mass is 606 g/mol. The van der Waals surface area contributed by atoms with Crippen LogP contribution in [0, 0.1) is 0 Å². The number of anilines is 1. The van der Waals surface area contributed by atoms with Crippen molar-refractivity contribution in [2.75, 3.05) is 4.90 Å². The number of carbonyl (C=O) groups excluding carboxylic acids is 3. The molecule has 5 rings (SSSR count). The quantitative estimate of drug-likeness (QED) is 0.166. The zero-order chi connectivity index (χ0) is 28.9. The van der Waals surface area contributed by atoms with Gasteiger partial charge in [0.15, 0.2) is 0 Å². The normalized spacial score (nSPS) is 14.3. The van der Waals surface area contributed by atoms with Crippen LogP contribution in [0.25, 0.3) is 6.08 Å². The highest BCUT2D eigenvalue weighted by Gasteiger charge is 2.37. The number of benzene rings is 4. The first-order chi connectivity index (χ1) is 19.8. The first kappa shape index (κ1) is 28.2. The molecule has 1 saturated heterocycles. The molecule has 0 unspecified atom stereocenters. The van der Waals surface area contributed by atoms with E-state index in [2.05, 4.69) is 5.32 Å². The molecule has 0 bridgehead atoms. The zero-order valence-corrected chi connectivity index (χ0v) is 23.5. The van der Waals surface area contributed by atoms with Crippen molar-refractivity contribution in [3.63, 3.8) is 0 Å². The van der Waals surface area contributed by atoms with Crippen LogP contribution in [0.2, 0.25) is 15.1 Å². The van der Waals surface area contributed by atoms with Crippen LogP contribution < -0.4 is 19.7 Å². The van der Waals surface area contributed by atoms with E-state index >= 15 is 0 Å². The van der Waals surface area contributed by atoms with E-state index in [0.29, 0.717) is 37.7 Å². The highest BCUT2D eigenvalue weighted by atomic mass is 35.5. The van der Waals surface area contributed by atoms with Gasteiger partial charge < -0.3 is 9.47 Å². The topological polar surface area (TPSA) is 84.9 Å². The van der Waals surface area contributed by atoms with Gasteiger partial charge in [0.1, 0.15) is 30.3 Å². The summed E-state index contributed by atoms with van der Waals surface area (Å²) in [6.07, 6.45) is 1.39. The molecule has 41 heavy (non-hydrogen) atoms. The zero-order valence-electron chi connectivity index (χ0n) is 21.3. The van der Waals surface area contributed by atoms with E-state index in [4.69, 9.17) is 44.3 Å². The SMILES string of the molecule is O=C1NC(=O)N(c2ccc(OCc3ccccc3Cl)cc2)C(=O)/C1=C/c1ccccc1OCc1ccc(Cl)cc1Cl. The van der Waals surface area contributed by atoms with Crippen molar-refractivity contribution < 1.29 is 23.9 Å². The van der Waals surface area contributed by atoms with Gasteiger partial charge in [-0.1, -0.05) is 77.3 Å². The van der Waals surface area contributed by atoms with Crippen LogP contribution in [-0.4, -0.2) is 17.8 Å². The van der Waals surface area contributed by atoms with Crippen LogP contribution >= 0.6 is 34.8 Å². The number of barbiturate groups is 1. The van der Waals surface area contributed by atoms with Crippen molar-refractivity contribution in [1.82, 2.24) is 5.32 Å². The molecule has 206 valence electrons. The summed E-state index contributed by atoms with van der Waals surface area (Å²) in [5.41, 5.74) is 2.02. The fourth-order valence-corrected chi connectivity index (χ4v) is 4.69. The van der Waals surface area contributed by atoms with Gasteiger partial charge >= 0.3 is 6.03 Å². The maximum Gasteiger partial charge on any atom is 0.335 e. The number of nitrogens with zero attached hydrogens (tertiary/aromatic N) is 1. The molecule has 4 aromatic rings. The van der Waals surface area contributed by atoms with Gasteiger partial charge in [-0.2, -0.15) is 0 Å². The lowest BCUT2D eigenvalue weighted by Gasteiger charge is -2.26. The second-order valence-electron chi connectivity index (χ2n) is 8.89. The predicted octanol–water partition coefficient (Wildman–Crippen LogP) is 7.47. The minimum Gasteiger partial charge on any atom is -0.489 e. The lowest BCUT2D eigenvalue weighted by molar-refractivity contribution is -0.122. The first-order valence-electron chi connectivity index (χ1n) is 12.3. The number of imide groups is 2. The number of carbonyl (C=O) groups is 3. The summed E-state index contributed by atoms with van der Waals surface area (Å²) >= 11 is 18.4. The molecule has 0 saturated carbocycles. The van der Waals surface area contributed by atoms with E-state index in [1.54, 1.807) is 72.8 Å². The Kier molecular flexibility index (Phi) is 8.59. The largest absolute Gasteiger partial charge is 0.489 e. The molecule has 1 aliphatic rings. The molecular weight excluding hydrogens is 587 g/mol. The van der Waals surface area contributed by atoms with Crippen LogP contribution in [0.15, 0.2) is 96.6 Å². The summed E-state index contributed by atoms with van der Waals surface area (Å²) in [5.74, 6) is -0.669. The summed E-state index contributed by atoms with van der Waals surface area (Å²) in [5, 5.41) is 3.77. The number of hydrogen-bond acceptors (Lipinski definition) is 5. The van der Waals surface area contributed by atoms with Gasteiger partial charge in [-0.25, -0.2) is 9.69 Å². The average Bonchev–Trinajstić information content (AvgIpc) is 2.95. The highest BCUT2D eigenvalue weighted by molar-refractivity contribution is 6.39. The molecule has 10 heteroatoms. The number of amides is 4. The second-order valence-corrected chi connectivity index (χ2v) is 10.1. The van der Waals surface area contributed by atoms with Crippen LogP contribution in [0.4, 0.5) is 10.5 Å². The maximum absolute atomic E-state index is 13.4. The molecule has 0 aliphatic carbocycles. The molecule has 1 fully saturated rings. The lowest BCUT2D eigenvalue weighted by Crippen LogP contribution is -2.54. The summed E-state index contributed by atoms with van der Waals surface area (Å²) in [7, 11) is 0. The van der Waals surface area contributed by atoms with E-state index < -0.39 is 17.8 Å². The Hall–Kier alpha value is -4.30. The predicted molar refractivity (Wildman–Crippen MR) is 158 cm³/mol. The maximum atomic E-state index is 13.4. The fraction of sp³-hybridized carbons (Fsp3) is 0.0645. The third-order valence-corrected chi connectivity index (χ3v) is 7.12. The van der Waals surface area contributed by atoms with E-state index in [-0.39, 0.29) is 24.5 Å². The molecule has 1 heterocycles. The summed E-state index contributed by atoms with van der Waals surface area (Å²) < 4.78 is 11.7. The van der Waals surface area contributed by atoms with Gasteiger partial charge in [0.25, 0.3) is 11.8 Å². The van der Waals surface area contributed by atoms with Crippen LogP contribution in [-0.2, 0) is 22.8 Å². The molecular formula is C31H21Cl3N2O5. The van der Waals surface area contributed by atoms with Gasteiger partial charge in [-0.05, 0) is 54.6 Å². The Morgan fingerprint density at radius 1 is 0.732 bits per heavy atom. The van der Waals surface area contributed by atoms with Gasteiger partial charge in [0.05, 0.1) is 5.69 Å². The van der Waals surface area contributed by atoms with Crippen molar-refractivity contribution in [3.05, 3.63) is 128 Å². The molecule has 0 atom stereocenters. The Bertz CT molecular complexity index is 1670. The van der Waals surface area contributed by atoms with E-state index in [9.17, 15) is 14.4 Å². The molecule has 1 N–H and O–H groups in total. The van der Waals surface area contributed by atoms with Gasteiger partial charge in [0, 0.05) is 31.8 Å². The lowest BCUT2D eigenvalue weighted by atomic mass is 10.1. The van der Waals surface area contributed by atoms with E-state index in [0.717, 1.165) is 10.5 Å². The minimum absolute atomic E-state index is 0.131. The number of rotatable bonds is 8. The molecule has 4 amide bonds. The summed E-state index contributed by atoms with van der Waals surface area (Å²) in [4.78, 5) is 39.7. The van der Waals surface area contributed by atoms with Crippen LogP contribution in [0.5, 0.6) is 11.5 Å². The second kappa shape index (κ2) is 12.5. The number of ether oxygens (including phenoxy) is 2. The van der Waals surface area contributed by atoms with Gasteiger partial charge in [-0.15, -0.1) is 0 Å². The Balaban J connectivity index is 1.34. The van der Waals surface area contributed by atoms with Crippen molar-refractivity contribution >= 4 is 64.4 Å². The highest BCUT2D eigenvalue weighted by Crippen LogP contribution is 2.29. The number of para-hydroxylation sites is 1. The Labute approximate surface area is 250 Å². The van der Waals surface area contributed by atoms with Crippen molar-refractivity contribution in [3.8, 4) is 11.5 Å². The Morgan fingerprint density at radius 3 is 2.17 bits per heavy atom. The van der Waals surface area contributed by atoms with Gasteiger partial charge in [0.2, 0.25) is 0 Å². The smallest absolute Gasteiger partial charge is 0.335 e. The first-order valence-corrected chi connectivity index (χ1v) is 13.5. The standard InChI is InChI=1S/C31H21Cl3N2O5/c32-22-10-9-21(27(34)16-22)18-41-28-8-4-2-5-19(28)15-25-29(37)35-31(39)36(30(25)38)23-11-13-24(14-12-23)40-17-20-6-1-3-7-26(20)33/h1-16H,17-18H2,(H,35,37,39)/b25-15+. The number of halogens is 3. The number of hydrogen-bond donors (Lipinski definition) is 1. The van der Waals surface area contributed by atoms with E-state index in [1.165, 1.54) is 6.08 Å². The van der Waals surface area contributed by atoms with Crippen molar-refractivity contribution in [1.29, 1.82) is 0 Å². The molecule has 7 nitrogen and oxygen atoms in total. The molecule has 0 radical (unpaired) electrons. The number of nitrogens with one attached hydrogen (secondary N) is 1. The molecule has 4 aromatic carbocycles.